The summed E-state index contributed by atoms with van der Waals surface area (Å²) in [6, 6.07) is 14.2. The zero-order chi connectivity index (χ0) is 16.6. The van der Waals surface area contributed by atoms with Gasteiger partial charge in [-0.25, -0.2) is 0 Å². The van der Waals surface area contributed by atoms with Crippen LogP contribution in [0.1, 0.15) is 17.5 Å². The first-order chi connectivity index (χ1) is 11.8. The van der Waals surface area contributed by atoms with E-state index in [0.29, 0.717) is 13.0 Å². The maximum atomic E-state index is 12.3. The third-order valence-corrected chi connectivity index (χ3v) is 4.28. The Labute approximate surface area is 143 Å². The summed E-state index contributed by atoms with van der Waals surface area (Å²) in [6.07, 6.45) is 8.46. The molecule has 2 heterocycles. The number of rotatable bonds is 5. The van der Waals surface area contributed by atoms with Gasteiger partial charge in [0.15, 0.2) is 0 Å². The van der Waals surface area contributed by atoms with E-state index in [0.717, 1.165) is 31.7 Å². The smallest absolute Gasteiger partial charge is 0.224 e. The van der Waals surface area contributed by atoms with Crippen LogP contribution in [0.2, 0.25) is 0 Å². The van der Waals surface area contributed by atoms with Gasteiger partial charge in [-0.05, 0) is 23.3 Å². The number of hydrogen-bond donors (Lipinski definition) is 0. The summed E-state index contributed by atoms with van der Waals surface area (Å²) in [5, 5.41) is 0. The molecule has 0 saturated carbocycles. The van der Waals surface area contributed by atoms with Crippen LogP contribution in [0.4, 0.5) is 0 Å². The molecular weight excluding hydrogens is 298 g/mol. The lowest BCUT2D eigenvalue weighted by molar-refractivity contribution is -0.130. The highest BCUT2D eigenvalue weighted by molar-refractivity contribution is 5.76. The van der Waals surface area contributed by atoms with Crippen LogP contribution in [0.3, 0.4) is 0 Å². The van der Waals surface area contributed by atoms with Crippen molar-refractivity contribution in [3.63, 3.8) is 0 Å². The van der Waals surface area contributed by atoms with Crippen molar-refractivity contribution in [2.24, 2.45) is 0 Å². The van der Waals surface area contributed by atoms with E-state index in [1.54, 1.807) is 12.4 Å². The Morgan fingerprint density at radius 2 is 1.79 bits per heavy atom. The molecule has 1 saturated heterocycles. The highest BCUT2D eigenvalue weighted by Gasteiger charge is 2.20. The molecule has 1 aliphatic heterocycles. The number of amides is 1. The molecule has 0 unspecified atom stereocenters. The van der Waals surface area contributed by atoms with E-state index < -0.39 is 0 Å². The summed E-state index contributed by atoms with van der Waals surface area (Å²) in [5.74, 6) is 0.237. The van der Waals surface area contributed by atoms with Gasteiger partial charge in [-0.3, -0.25) is 14.7 Å². The fraction of sp³-hybridized carbons (Fsp3) is 0.300. The van der Waals surface area contributed by atoms with E-state index in [9.17, 15) is 4.79 Å². The molecule has 0 spiro atoms. The second kappa shape index (κ2) is 8.41. The fourth-order valence-electron chi connectivity index (χ4n) is 2.87. The third kappa shape index (κ3) is 4.77. The minimum Gasteiger partial charge on any atom is -0.337 e. The minimum atomic E-state index is 0.237. The van der Waals surface area contributed by atoms with Crippen LogP contribution in [0, 0.1) is 0 Å². The van der Waals surface area contributed by atoms with Crippen molar-refractivity contribution in [3.05, 3.63) is 72.1 Å². The molecule has 3 rings (SSSR count). The molecule has 24 heavy (non-hydrogen) atoms. The van der Waals surface area contributed by atoms with Gasteiger partial charge in [0.05, 0.1) is 0 Å². The molecule has 0 N–H and O–H groups in total. The van der Waals surface area contributed by atoms with Crippen molar-refractivity contribution in [1.82, 2.24) is 14.8 Å². The summed E-state index contributed by atoms with van der Waals surface area (Å²) in [5.41, 5.74) is 2.35. The number of carbonyl (C=O) groups is 1. The van der Waals surface area contributed by atoms with E-state index >= 15 is 0 Å². The first-order valence-corrected chi connectivity index (χ1v) is 8.42. The van der Waals surface area contributed by atoms with Gasteiger partial charge in [0, 0.05) is 51.5 Å². The molecule has 0 radical (unpaired) electrons. The zero-order valence-corrected chi connectivity index (χ0v) is 13.8. The van der Waals surface area contributed by atoms with Crippen LogP contribution in [-0.2, 0) is 11.3 Å². The molecule has 1 amide bonds. The molecule has 4 heteroatoms. The maximum Gasteiger partial charge on any atom is 0.224 e. The molecule has 0 aliphatic carbocycles. The Bertz CT molecular complexity index is 670. The van der Waals surface area contributed by atoms with Gasteiger partial charge in [-0.1, -0.05) is 42.5 Å². The molecule has 1 aliphatic rings. The van der Waals surface area contributed by atoms with Crippen molar-refractivity contribution in [2.75, 3.05) is 26.2 Å². The number of benzene rings is 1. The van der Waals surface area contributed by atoms with Gasteiger partial charge in [-0.2, -0.15) is 0 Å². The molecule has 124 valence electrons. The van der Waals surface area contributed by atoms with E-state index in [2.05, 4.69) is 34.2 Å². The maximum absolute atomic E-state index is 12.3. The molecule has 1 fully saturated rings. The van der Waals surface area contributed by atoms with Crippen LogP contribution in [-0.4, -0.2) is 46.9 Å². The predicted octanol–water partition coefficient (Wildman–Crippen LogP) is 2.83. The number of pyridine rings is 1. The highest BCUT2D eigenvalue weighted by atomic mass is 16.2. The zero-order valence-electron chi connectivity index (χ0n) is 13.8. The Balaban J connectivity index is 1.52. The third-order valence-electron chi connectivity index (χ3n) is 4.28. The summed E-state index contributed by atoms with van der Waals surface area (Å²) in [6.45, 7) is 4.07. The molecule has 2 aromatic rings. The summed E-state index contributed by atoms with van der Waals surface area (Å²) < 4.78 is 0. The Morgan fingerprint density at radius 1 is 1.00 bits per heavy atom. The molecular formula is C20H23N3O. The van der Waals surface area contributed by atoms with E-state index in [-0.39, 0.29) is 5.91 Å². The van der Waals surface area contributed by atoms with Gasteiger partial charge in [0.25, 0.3) is 0 Å². The van der Waals surface area contributed by atoms with Crippen LogP contribution in [0.25, 0.3) is 6.08 Å². The Kier molecular flexibility index (Phi) is 5.75. The van der Waals surface area contributed by atoms with Crippen LogP contribution in [0.15, 0.2) is 60.9 Å². The van der Waals surface area contributed by atoms with Crippen molar-refractivity contribution >= 4 is 12.0 Å². The van der Waals surface area contributed by atoms with Crippen LogP contribution < -0.4 is 0 Å². The lowest BCUT2D eigenvalue weighted by Crippen LogP contribution is -2.32. The van der Waals surface area contributed by atoms with Gasteiger partial charge in [-0.15, -0.1) is 0 Å². The molecule has 1 aromatic heterocycles. The first-order valence-electron chi connectivity index (χ1n) is 8.42. The SMILES string of the molecule is O=C1CCN(CC=Cc2ccccc2)CCN1Cc1ccncc1. The second-order valence-corrected chi connectivity index (χ2v) is 6.03. The first kappa shape index (κ1) is 16.4. The quantitative estimate of drug-likeness (QED) is 0.850. The number of nitrogens with zero attached hydrogens (tertiary/aromatic N) is 3. The van der Waals surface area contributed by atoms with Crippen molar-refractivity contribution in [3.8, 4) is 0 Å². The van der Waals surface area contributed by atoms with Crippen molar-refractivity contribution in [2.45, 2.75) is 13.0 Å². The second-order valence-electron chi connectivity index (χ2n) is 6.03. The van der Waals surface area contributed by atoms with Crippen molar-refractivity contribution < 1.29 is 4.79 Å². The fourth-order valence-corrected chi connectivity index (χ4v) is 2.87. The number of carbonyl (C=O) groups excluding carboxylic acids is 1. The predicted molar refractivity (Wildman–Crippen MR) is 96.2 cm³/mol. The van der Waals surface area contributed by atoms with Gasteiger partial charge in [0.1, 0.15) is 0 Å². The van der Waals surface area contributed by atoms with Crippen LogP contribution in [0.5, 0.6) is 0 Å². The van der Waals surface area contributed by atoms with Gasteiger partial charge in [0.2, 0.25) is 5.91 Å². The van der Waals surface area contributed by atoms with Gasteiger partial charge < -0.3 is 4.90 Å². The van der Waals surface area contributed by atoms with Crippen molar-refractivity contribution in [1.29, 1.82) is 0 Å². The minimum absolute atomic E-state index is 0.237. The average Bonchev–Trinajstić information content (AvgIpc) is 2.80. The largest absolute Gasteiger partial charge is 0.337 e. The standard InChI is InChI=1S/C20H23N3O/c24-20-10-14-22(13-4-7-18-5-2-1-3-6-18)15-16-23(20)17-19-8-11-21-12-9-19/h1-9,11-12H,10,13-17H2. The van der Waals surface area contributed by atoms with E-state index in [4.69, 9.17) is 0 Å². The number of aromatic nitrogens is 1. The summed E-state index contributed by atoms with van der Waals surface area (Å²) >= 11 is 0. The topological polar surface area (TPSA) is 36.4 Å². The van der Waals surface area contributed by atoms with E-state index in [1.807, 2.05) is 35.2 Å². The average molecular weight is 321 g/mol. The Morgan fingerprint density at radius 3 is 2.58 bits per heavy atom. The molecule has 4 nitrogen and oxygen atoms in total. The number of hydrogen-bond acceptors (Lipinski definition) is 3. The Hall–Kier alpha value is -2.46. The molecule has 0 atom stereocenters. The summed E-state index contributed by atoms with van der Waals surface area (Å²) in [4.78, 5) is 20.6. The monoisotopic (exact) mass is 321 g/mol. The molecule has 1 aromatic carbocycles. The molecule has 0 bridgehead atoms. The highest BCUT2D eigenvalue weighted by Crippen LogP contribution is 2.10. The van der Waals surface area contributed by atoms with Gasteiger partial charge >= 0.3 is 0 Å². The lowest BCUT2D eigenvalue weighted by Gasteiger charge is -2.21. The lowest BCUT2D eigenvalue weighted by atomic mass is 10.2. The van der Waals surface area contributed by atoms with Crippen LogP contribution >= 0.6 is 0 Å². The van der Waals surface area contributed by atoms with E-state index in [1.165, 1.54) is 5.56 Å². The normalized spacial score (nSPS) is 16.5. The summed E-state index contributed by atoms with van der Waals surface area (Å²) in [7, 11) is 0.